The molecular formula is C20H27N5O2. The van der Waals surface area contributed by atoms with Crippen molar-refractivity contribution < 1.29 is 4.52 Å². The molecule has 0 radical (unpaired) electrons. The zero-order valence-electron chi connectivity index (χ0n) is 15.9. The highest BCUT2D eigenvalue weighted by Crippen LogP contribution is 2.32. The van der Waals surface area contributed by atoms with E-state index in [-0.39, 0.29) is 5.56 Å². The van der Waals surface area contributed by atoms with Crippen LogP contribution in [0.25, 0.3) is 0 Å². The molecule has 2 aromatic rings. The average molecular weight is 369 g/mol. The Balaban J connectivity index is 1.28. The number of hydrogen-bond acceptors (Lipinski definition) is 6. The number of rotatable bonds is 3. The molecule has 2 fully saturated rings. The first-order valence-electron chi connectivity index (χ1n) is 10.1. The first-order valence-corrected chi connectivity index (χ1v) is 10.1. The summed E-state index contributed by atoms with van der Waals surface area (Å²) in [4.78, 5) is 19.9. The van der Waals surface area contributed by atoms with Crippen LogP contribution in [-0.4, -0.2) is 45.8 Å². The Bertz CT molecular complexity index is 881. The van der Waals surface area contributed by atoms with E-state index in [9.17, 15) is 4.79 Å². The summed E-state index contributed by atoms with van der Waals surface area (Å²) in [6, 6.07) is 4.26. The lowest BCUT2D eigenvalue weighted by atomic mass is 9.84. The molecule has 5 rings (SSSR count). The van der Waals surface area contributed by atoms with Crippen molar-refractivity contribution in [1.82, 2.24) is 24.9 Å². The van der Waals surface area contributed by atoms with Gasteiger partial charge < -0.3 is 14.4 Å². The van der Waals surface area contributed by atoms with Gasteiger partial charge in [0, 0.05) is 49.7 Å². The lowest BCUT2D eigenvalue weighted by Gasteiger charge is -2.38. The highest BCUT2D eigenvalue weighted by Gasteiger charge is 2.31. The SMILES string of the molecule is Cc1nc(C2CCN(Cc3ccc4n(c3=O)C[C@@H]3CNC[C@H]4C3)CC2)no1. The van der Waals surface area contributed by atoms with Gasteiger partial charge in [-0.2, -0.15) is 4.98 Å². The van der Waals surface area contributed by atoms with Crippen LogP contribution in [0.4, 0.5) is 0 Å². The maximum absolute atomic E-state index is 13.1. The summed E-state index contributed by atoms with van der Waals surface area (Å²) in [6.45, 7) is 7.41. The second-order valence-corrected chi connectivity index (χ2v) is 8.38. The summed E-state index contributed by atoms with van der Waals surface area (Å²) < 4.78 is 7.18. The van der Waals surface area contributed by atoms with Crippen LogP contribution in [-0.2, 0) is 13.1 Å². The molecule has 2 saturated heterocycles. The van der Waals surface area contributed by atoms with Crippen LogP contribution in [0, 0.1) is 12.8 Å². The van der Waals surface area contributed by atoms with Crippen molar-refractivity contribution in [3.63, 3.8) is 0 Å². The normalized spacial score (nSPS) is 26.1. The number of piperidine rings is 2. The first-order chi connectivity index (χ1) is 13.2. The quantitative estimate of drug-likeness (QED) is 0.886. The Morgan fingerprint density at radius 1 is 1.22 bits per heavy atom. The van der Waals surface area contributed by atoms with Gasteiger partial charge in [0.05, 0.1) is 0 Å². The monoisotopic (exact) mass is 369 g/mol. The van der Waals surface area contributed by atoms with Gasteiger partial charge in [-0.3, -0.25) is 9.69 Å². The van der Waals surface area contributed by atoms with Gasteiger partial charge in [0.2, 0.25) is 5.89 Å². The zero-order chi connectivity index (χ0) is 18.4. The Morgan fingerprint density at radius 3 is 2.85 bits per heavy atom. The Hall–Kier alpha value is -1.99. The van der Waals surface area contributed by atoms with Crippen LogP contribution in [0.15, 0.2) is 21.5 Å². The molecule has 7 heteroatoms. The molecule has 2 aromatic heterocycles. The third-order valence-electron chi connectivity index (χ3n) is 6.48. The van der Waals surface area contributed by atoms with Crippen molar-refractivity contribution in [2.24, 2.45) is 5.92 Å². The topological polar surface area (TPSA) is 76.2 Å². The Kier molecular flexibility index (Phi) is 4.36. The average Bonchev–Trinajstić information content (AvgIpc) is 3.12. The first kappa shape index (κ1) is 17.1. The fourth-order valence-electron chi connectivity index (χ4n) is 5.03. The van der Waals surface area contributed by atoms with Gasteiger partial charge >= 0.3 is 0 Å². The second-order valence-electron chi connectivity index (χ2n) is 8.38. The standard InChI is InChI=1S/C20H27N5O2/c1-13-22-19(23-27-13)15-4-6-24(7-5-15)12-16-2-3-18-17-8-14(9-21-10-17)11-25(18)20(16)26/h2-3,14-15,17,21H,4-12H2,1H3/t14-,17+/m0/s1. The minimum absolute atomic E-state index is 0.222. The van der Waals surface area contributed by atoms with Gasteiger partial charge in [-0.25, -0.2) is 0 Å². The van der Waals surface area contributed by atoms with Gasteiger partial charge in [0.15, 0.2) is 5.82 Å². The summed E-state index contributed by atoms with van der Waals surface area (Å²) >= 11 is 0. The van der Waals surface area contributed by atoms with Crippen LogP contribution in [0.1, 0.15) is 54.1 Å². The minimum Gasteiger partial charge on any atom is -0.340 e. The van der Waals surface area contributed by atoms with E-state index < -0.39 is 0 Å². The predicted octanol–water partition coefficient (Wildman–Crippen LogP) is 1.63. The molecule has 5 heterocycles. The van der Waals surface area contributed by atoms with Crippen LogP contribution in [0.2, 0.25) is 0 Å². The molecule has 0 spiro atoms. The number of nitrogens with one attached hydrogen (secondary N) is 1. The molecule has 144 valence electrons. The third-order valence-corrected chi connectivity index (χ3v) is 6.48. The lowest BCUT2D eigenvalue weighted by molar-refractivity contribution is 0.198. The molecule has 0 saturated carbocycles. The van der Waals surface area contributed by atoms with E-state index in [0.717, 1.165) is 63.5 Å². The van der Waals surface area contributed by atoms with E-state index in [1.54, 1.807) is 0 Å². The molecule has 2 bridgehead atoms. The van der Waals surface area contributed by atoms with Crippen molar-refractivity contribution in [2.45, 2.75) is 51.1 Å². The number of fused-ring (bicyclic) bond motifs is 4. The molecule has 7 nitrogen and oxygen atoms in total. The number of pyridine rings is 1. The van der Waals surface area contributed by atoms with Gasteiger partial charge in [-0.1, -0.05) is 11.2 Å². The maximum atomic E-state index is 13.1. The fraction of sp³-hybridized carbons (Fsp3) is 0.650. The van der Waals surface area contributed by atoms with Crippen molar-refractivity contribution in [3.05, 3.63) is 45.5 Å². The zero-order valence-corrected chi connectivity index (χ0v) is 15.9. The molecule has 0 unspecified atom stereocenters. The van der Waals surface area contributed by atoms with Crippen LogP contribution in [0.5, 0.6) is 0 Å². The number of likely N-dealkylation sites (tertiary alicyclic amines) is 1. The van der Waals surface area contributed by atoms with Crippen LogP contribution < -0.4 is 10.9 Å². The summed E-state index contributed by atoms with van der Waals surface area (Å²) in [5.41, 5.74) is 2.37. The molecule has 27 heavy (non-hydrogen) atoms. The van der Waals surface area contributed by atoms with E-state index in [2.05, 4.69) is 37.1 Å². The summed E-state index contributed by atoms with van der Waals surface area (Å²) in [5.74, 6) is 2.93. The van der Waals surface area contributed by atoms with Gasteiger partial charge in [-0.05, 0) is 50.9 Å². The van der Waals surface area contributed by atoms with Crippen molar-refractivity contribution in [1.29, 1.82) is 0 Å². The van der Waals surface area contributed by atoms with Crippen molar-refractivity contribution >= 4 is 0 Å². The summed E-state index contributed by atoms with van der Waals surface area (Å²) in [5, 5.41) is 7.58. The van der Waals surface area contributed by atoms with Crippen LogP contribution >= 0.6 is 0 Å². The van der Waals surface area contributed by atoms with Crippen molar-refractivity contribution in [3.8, 4) is 0 Å². The van der Waals surface area contributed by atoms with Crippen molar-refractivity contribution in [2.75, 3.05) is 26.2 Å². The van der Waals surface area contributed by atoms with Crippen LogP contribution in [0.3, 0.4) is 0 Å². The van der Waals surface area contributed by atoms with E-state index in [1.807, 2.05) is 6.92 Å². The number of hydrogen-bond donors (Lipinski definition) is 1. The fourth-order valence-corrected chi connectivity index (χ4v) is 5.03. The highest BCUT2D eigenvalue weighted by molar-refractivity contribution is 5.22. The number of aryl methyl sites for hydroxylation is 1. The molecule has 1 N–H and O–H groups in total. The molecule has 0 aromatic carbocycles. The number of aromatic nitrogens is 3. The Labute approximate surface area is 158 Å². The van der Waals surface area contributed by atoms with Gasteiger partial charge in [-0.15, -0.1) is 0 Å². The summed E-state index contributed by atoms with van der Waals surface area (Å²) in [7, 11) is 0. The van der Waals surface area contributed by atoms with E-state index in [0.29, 0.717) is 23.6 Å². The van der Waals surface area contributed by atoms with E-state index >= 15 is 0 Å². The maximum Gasteiger partial charge on any atom is 0.255 e. The van der Waals surface area contributed by atoms with E-state index in [4.69, 9.17) is 4.52 Å². The van der Waals surface area contributed by atoms with E-state index in [1.165, 1.54) is 12.1 Å². The number of nitrogens with zero attached hydrogens (tertiary/aromatic N) is 4. The van der Waals surface area contributed by atoms with Gasteiger partial charge in [0.1, 0.15) is 0 Å². The smallest absolute Gasteiger partial charge is 0.255 e. The lowest BCUT2D eigenvalue weighted by Crippen LogP contribution is -2.45. The molecular weight excluding hydrogens is 342 g/mol. The largest absolute Gasteiger partial charge is 0.340 e. The molecule has 0 amide bonds. The second kappa shape index (κ2) is 6.87. The molecule has 2 atom stereocenters. The molecule has 0 aliphatic carbocycles. The Morgan fingerprint density at radius 2 is 2.07 bits per heavy atom. The van der Waals surface area contributed by atoms with Gasteiger partial charge in [0.25, 0.3) is 5.56 Å². The highest BCUT2D eigenvalue weighted by atomic mass is 16.5. The predicted molar refractivity (Wildman–Crippen MR) is 101 cm³/mol. The summed E-state index contributed by atoms with van der Waals surface area (Å²) in [6.07, 6.45) is 3.25. The molecule has 3 aliphatic heterocycles. The molecule has 3 aliphatic rings. The minimum atomic E-state index is 0.222. The third kappa shape index (κ3) is 3.23.